The first-order chi connectivity index (χ1) is 5.95. The van der Waals surface area contributed by atoms with E-state index in [-0.39, 0.29) is 19.7 Å². The van der Waals surface area contributed by atoms with Crippen molar-refractivity contribution >= 4 is 5.97 Å². The molecule has 1 heterocycles. The number of esters is 1. The number of carbonyl (C=O) groups is 1. The second-order valence-corrected chi connectivity index (χ2v) is 2.79. The van der Waals surface area contributed by atoms with Crippen molar-refractivity contribution < 1.29 is 22.7 Å². The number of halogens is 3. The van der Waals surface area contributed by atoms with E-state index in [1.54, 1.807) is 6.92 Å². The first-order valence-electron chi connectivity index (χ1n) is 3.91. The predicted molar refractivity (Wildman–Crippen MR) is 38.0 cm³/mol. The van der Waals surface area contributed by atoms with Gasteiger partial charge in [-0.05, 0) is 6.92 Å². The van der Waals surface area contributed by atoms with Crippen LogP contribution in [-0.2, 0) is 9.53 Å². The minimum atomic E-state index is -4.22. The van der Waals surface area contributed by atoms with Crippen LogP contribution in [0.25, 0.3) is 0 Å². The summed E-state index contributed by atoms with van der Waals surface area (Å²) in [7, 11) is 0. The van der Waals surface area contributed by atoms with Crippen molar-refractivity contribution in [3.63, 3.8) is 0 Å². The summed E-state index contributed by atoms with van der Waals surface area (Å²) >= 11 is 0. The summed E-state index contributed by atoms with van der Waals surface area (Å²) in [6, 6.07) is -1.45. The van der Waals surface area contributed by atoms with Crippen LogP contribution in [0.4, 0.5) is 13.2 Å². The maximum Gasteiger partial charge on any atom is 0.405 e. The van der Waals surface area contributed by atoms with E-state index in [2.05, 4.69) is 4.74 Å². The molecule has 0 bridgehead atoms. The summed E-state index contributed by atoms with van der Waals surface area (Å²) in [5.74, 6) is -0.603. The van der Waals surface area contributed by atoms with Gasteiger partial charge in [0.2, 0.25) is 0 Å². The van der Waals surface area contributed by atoms with Gasteiger partial charge in [-0.25, -0.2) is 0 Å². The number of hydrogen-bond donors (Lipinski definition) is 0. The molecule has 0 spiro atoms. The molecule has 0 aromatic rings. The van der Waals surface area contributed by atoms with E-state index in [0.717, 1.165) is 4.90 Å². The van der Waals surface area contributed by atoms with Crippen molar-refractivity contribution in [1.82, 2.24) is 4.90 Å². The number of ether oxygens (including phenoxy) is 1. The fourth-order valence-electron chi connectivity index (χ4n) is 1.03. The first-order valence-corrected chi connectivity index (χ1v) is 3.91. The fraction of sp³-hybridized carbons (Fsp3) is 0.857. The van der Waals surface area contributed by atoms with Crippen LogP contribution in [-0.4, -0.2) is 42.8 Å². The maximum absolute atomic E-state index is 11.9. The van der Waals surface area contributed by atoms with Crippen molar-refractivity contribution in [2.75, 3.05) is 19.7 Å². The first kappa shape index (κ1) is 10.3. The van der Waals surface area contributed by atoms with Gasteiger partial charge in [-0.15, -0.1) is 0 Å². The molecule has 6 heteroatoms. The van der Waals surface area contributed by atoms with Crippen molar-refractivity contribution in [2.24, 2.45) is 0 Å². The molecule has 1 saturated heterocycles. The summed E-state index contributed by atoms with van der Waals surface area (Å²) in [4.78, 5) is 11.8. The topological polar surface area (TPSA) is 29.3 Å². The number of hydrogen-bond acceptors (Lipinski definition) is 3. The minimum Gasteiger partial charge on any atom is -0.465 e. The predicted octanol–water partition coefficient (Wildman–Crippen LogP) is 0.796. The fourth-order valence-corrected chi connectivity index (χ4v) is 1.03. The number of nitrogens with zero attached hydrogens (tertiary/aromatic N) is 1. The lowest BCUT2D eigenvalue weighted by atomic mass is 10.5. The second kappa shape index (κ2) is 3.53. The highest BCUT2D eigenvalue weighted by molar-refractivity contribution is 5.72. The Morgan fingerprint density at radius 3 is 2.62 bits per heavy atom. The maximum atomic E-state index is 11.9. The highest BCUT2D eigenvalue weighted by Gasteiger charge is 2.54. The van der Waals surface area contributed by atoms with Gasteiger partial charge in [0.05, 0.1) is 13.2 Å². The summed E-state index contributed by atoms with van der Waals surface area (Å²) < 4.78 is 40.3. The van der Waals surface area contributed by atoms with Crippen LogP contribution in [0, 0.1) is 0 Å². The van der Waals surface area contributed by atoms with Crippen molar-refractivity contribution in [1.29, 1.82) is 0 Å². The Hall–Kier alpha value is -0.780. The van der Waals surface area contributed by atoms with Crippen LogP contribution in [0.15, 0.2) is 0 Å². The van der Waals surface area contributed by atoms with Crippen LogP contribution < -0.4 is 0 Å². The molecule has 2 unspecified atom stereocenters. The highest BCUT2D eigenvalue weighted by Crippen LogP contribution is 2.34. The molecule has 0 N–H and O–H groups in total. The largest absolute Gasteiger partial charge is 0.465 e. The Bertz CT molecular complexity index is 204. The normalized spacial score (nSPS) is 27.1. The van der Waals surface area contributed by atoms with Crippen molar-refractivity contribution in [2.45, 2.75) is 19.1 Å². The lowest BCUT2D eigenvalue weighted by molar-refractivity contribution is -0.147. The van der Waals surface area contributed by atoms with E-state index >= 15 is 0 Å². The SMILES string of the molecule is CCOC(=O)CN1CC1C(F)(F)F. The quantitative estimate of drug-likeness (QED) is 0.495. The van der Waals surface area contributed by atoms with E-state index in [4.69, 9.17) is 0 Å². The van der Waals surface area contributed by atoms with Gasteiger partial charge in [-0.2, -0.15) is 13.2 Å². The van der Waals surface area contributed by atoms with Crippen LogP contribution in [0.1, 0.15) is 6.92 Å². The zero-order chi connectivity index (χ0) is 10.1. The van der Waals surface area contributed by atoms with Gasteiger partial charge < -0.3 is 4.74 Å². The van der Waals surface area contributed by atoms with E-state index in [1.807, 2.05) is 0 Å². The molecule has 1 fully saturated rings. The zero-order valence-corrected chi connectivity index (χ0v) is 7.10. The molecular weight excluding hydrogens is 187 g/mol. The second-order valence-electron chi connectivity index (χ2n) is 2.79. The highest BCUT2D eigenvalue weighted by atomic mass is 19.4. The zero-order valence-electron chi connectivity index (χ0n) is 7.10. The Labute approximate surface area is 73.5 Å². The van der Waals surface area contributed by atoms with Gasteiger partial charge in [-0.1, -0.05) is 0 Å². The van der Waals surface area contributed by atoms with Gasteiger partial charge in [0.25, 0.3) is 0 Å². The molecule has 1 aliphatic heterocycles. The Morgan fingerprint density at radius 1 is 1.62 bits per heavy atom. The van der Waals surface area contributed by atoms with Gasteiger partial charge in [-0.3, -0.25) is 9.69 Å². The average Bonchev–Trinajstić information content (AvgIpc) is 2.66. The summed E-state index contributed by atoms with van der Waals surface area (Å²) in [6.07, 6.45) is -4.22. The molecule has 0 radical (unpaired) electrons. The molecule has 0 amide bonds. The van der Waals surface area contributed by atoms with Crippen LogP contribution in [0.5, 0.6) is 0 Å². The molecule has 76 valence electrons. The monoisotopic (exact) mass is 197 g/mol. The molecule has 1 rings (SSSR count). The molecule has 0 aromatic heterocycles. The van der Waals surface area contributed by atoms with Gasteiger partial charge in [0.1, 0.15) is 6.04 Å². The molecule has 1 aliphatic rings. The number of carbonyl (C=O) groups excluding carboxylic acids is 1. The van der Waals surface area contributed by atoms with Gasteiger partial charge in [0.15, 0.2) is 0 Å². The third-order valence-electron chi connectivity index (χ3n) is 1.73. The Balaban J connectivity index is 2.25. The van der Waals surface area contributed by atoms with Crippen LogP contribution >= 0.6 is 0 Å². The third-order valence-corrected chi connectivity index (χ3v) is 1.73. The summed E-state index contributed by atoms with van der Waals surface area (Å²) in [5.41, 5.74) is 0. The molecule has 0 saturated carbocycles. The van der Waals surface area contributed by atoms with E-state index in [0.29, 0.717) is 0 Å². The smallest absolute Gasteiger partial charge is 0.405 e. The molecular formula is C7H10F3NO2. The summed E-state index contributed by atoms with van der Waals surface area (Å²) in [6.45, 7) is 1.45. The van der Waals surface area contributed by atoms with Crippen molar-refractivity contribution in [3.8, 4) is 0 Å². The van der Waals surface area contributed by atoms with Crippen LogP contribution in [0.3, 0.4) is 0 Å². The lowest BCUT2D eigenvalue weighted by Crippen LogP contribution is -2.25. The molecule has 13 heavy (non-hydrogen) atoms. The minimum absolute atomic E-state index is 0.0949. The van der Waals surface area contributed by atoms with Gasteiger partial charge in [0, 0.05) is 6.54 Å². The number of rotatable bonds is 3. The standard InChI is InChI=1S/C7H10F3NO2/c1-2-13-6(12)4-11-3-5(11)7(8,9)10/h5H,2-4H2,1H3. The molecule has 2 atom stereocenters. The Kier molecular flexibility index (Phi) is 2.80. The van der Waals surface area contributed by atoms with Crippen molar-refractivity contribution in [3.05, 3.63) is 0 Å². The van der Waals surface area contributed by atoms with Crippen LogP contribution in [0.2, 0.25) is 0 Å². The van der Waals surface area contributed by atoms with E-state index in [1.165, 1.54) is 0 Å². The van der Waals surface area contributed by atoms with E-state index in [9.17, 15) is 18.0 Å². The molecule has 3 nitrogen and oxygen atoms in total. The molecule has 0 aliphatic carbocycles. The summed E-state index contributed by atoms with van der Waals surface area (Å²) in [5, 5.41) is 0. The Morgan fingerprint density at radius 2 is 2.23 bits per heavy atom. The third kappa shape index (κ3) is 2.87. The van der Waals surface area contributed by atoms with Gasteiger partial charge >= 0.3 is 12.1 Å². The van der Waals surface area contributed by atoms with E-state index < -0.39 is 18.2 Å². The lowest BCUT2D eigenvalue weighted by Gasteiger charge is -2.06. The number of alkyl halides is 3. The average molecular weight is 197 g/mol. The molecule has 0 aromatic carbocycles.